The molecule has 3 nitrogen and oxygen atoms in total. The van der Waals surface area contributed by atoms with Gasteiger partial charge in [0.1, 0.15) is 5.60 Å². The van der Waals surface area contributed by atoms with Gasteiger partial charge in [-0.25, -0.2) is 4.79 Å². The van der Waals surface area contributed by atoms with Gasteiger partial charge < -0.3 is 9.64 Å². The number of carbonyl (C=O) groups excluding carboxylic acids is 1. The molecule has 0 bridgehead atoms. The zero-order chi connectivity index (χ0) is 13.4. The van der Waals surface area contributed by atoms with Gasteiger partial charge in [0, 0.05) is 17.0 Å². The summed E-state index contributed by atoms with van der Waals surface area (Å²) >= 11 is 2.58. The van der Waals surface area contributed by atoms with E-state index in [1.165, 1.54) is 19.3 Å². The molecular formula is C14H24INO2. The zero-order valence-corrected chi connectivity index (χ0v) is 13.8. The predicted molar refractivity (Wildman–Crippen MR) is 81.1 cm³/mol. The fourth-order valence-electron chi connectivity index (χ4n) is 3.08. The van der Waals surface area contributed by atoms with E-state index in [2.05, 4.69) is 22.6 Å². The quantitative estimate of drug-likeness (QED) is 0.480. The first-order valence-corrected chi connectivity index (χ1v) is 8.16. The van der Waals surface area contributed by atoms with Crippen LogP contribution in [0.3, 0.4) is 0 Å². The Morgan fingerprint density at radius 1 is 1.28 bits per heavy atom. The highest BCUT2D eigenvalue weighted by atomic mass is 127. The molecule has 4 heteroatoms. The summed E-state index contributed by atoms with van der Waals surface area (Å²) in [5.41, 5.74) is 0.150. The second kappa shape index (κ2) is 5.17. The molecule has 1 atom stereocenters. The van der Waals surface area contributed by atoms with Crippen LogP contribution in [0.4, 0.5) is 4.79 Å². The first-order valence-electron chi connectivity index (χ1n) is 6.92. The first-order chi connectivity index (χ1) is 8.30. The van der Waals surface area contributed by atoms with Gasteiger partial charge in [0.2, 0.25) is 0 Å². The number of carbonyl (C=O) groups is 1. The predicted octanol–water partition coefficient (Wildman–Crippen LogP) is 3.99. The molecule has 1 amide bonds. The van der Waals surface area contributed by atoms with E-state index in [-0.39, 0.29) is 11.7 Å². The fraction of sp³-hybridized carbons (Fsp3) is 0.929. The van der Waals surface area contributed by atoms with Gasteiger partial charge in [-0.2, -0.15) is 0 Å². The lowest BCUT2D eigenvalue weighted by atomic mass is 9.77. The molecule has 1 saturated heterocycles. The van der Waals surface area contributed by atoms with E-state index >= 15 is 0 Å². The first kappa shape index (κ1) is 14.4. The largest absolute Gasteiger partial charge is 0.444 e. The van der Waals surface area contributed by atoms with Crippen molar-refractivity contribution >= 4 is 28.7 Å². The van der Waals surface area contributed by atoms with Gasteiger partial charge in [0.15, 0.2) is 0 Å². The second-order valence-electron chi connectivity index (χ2n) is 6.81. The van der Waals surface area contributed by atoms with Crippen LogP contribution < -0.4 is 0 Å². The van der Waals surface area contributed by atoms with E-state index < -0.39 is 0 Å². The summed E-state index contributed by atoms with van der Waals surface area (Å²) in [6, 6.07) is 0. The minimum Gasteiger partial charge on any atom is -0.444 e. The maximum Gasteiger partial charge on any atom is 0.410 e. The van der Waals surface area contributed by atoms with Crippen molar-refractivity contribution in [3.63, 3.8) is 0 Å². The Labute approximate surface area is 124 Å². The van der Waals surface area contributed by atoms with Gasteiger partial charge in [-0.3, -0.25) is 0 Å². The fourth-order valence-corrected chi connectivity index (χ4v) is 4.33. The van der Waals surface area contributed by atoms with Crippen molar-refractivity contribution in [3.8, 4) is 0 Å². The molecule has 1 aliphatic carbocycles. The molecule has 1 heterocycles. The smallest absolute Gasteiger partial charge is 0.410 e. The average molecular weight is 365 g/mol. The Morgan fingerprint density at radius 2 is 1.89 bits per heavy atom. The topological polar surface area (TPSA) is 29.5 Å². The van der Waals surface area contributed by atoms with Crippen LogP contribution >= 0.6 is 22.6 Å². The molecule has 1 unspecified atom stereocenters. The highest BCUT2D eigenvalue weighted by Crippen LogP contribution is 2.48. The van der Waals surface area contributed by atoms with Crippen molar-refractivity contribution in [1.29, 1.82) is 0 Å². The number of likely N-dealkylation sites (tertiary alicyclic amines) is 1. The average Bonchev–Trinajstić information content (AvgIpc) is 2.58. The van der Waals surface area contributed by atoms with Gasteiger partial charge in [0.05, 0.1) is 0 Å². The van der Waals surface area contributed by atoms with Crippen LogP contribution in [0.1, 0.15) is 52.9 Å². The molecule has 18 heavy (non-hydrogen) atoms. The number of nitrogens with zero attached hydrogens (tertiary/aromatic N) is 1. The lowest BCUT2D eigenvalue weighted by molar-refractivity contribution is 0.0108. The number of halogens is 1. The number of piperidine rings is 1. The van der Waals surface area contributed by atoms with E-state index in [1.807, 2.05) is 25.7 Å². The summed E-state index contributed by atoms with van der Waals surface area (Å²) in [5, 5.41) is 0. The second-order valence-corrected chi connectivity index (χ2v) is 8.57. The van der Waals surface area contributed by atoms with Crippen LogP contribution in [0, 0.1) is 5.41 Å². The van der Waals surface area contributed by atoms with Crippen LogP contribution in [0.5, 0.6) is 0 Å². The Morgan fingerprint density at radius 3 is 2.33 bits per heavy atom. The number of amides is 1. The van der Waals surface area contributed by atoms with Gasteiger partial charge in [-0.1, -0.05) is 22.6 Å². The highest BCUT2D eigenvalue weighted by Gasteiger charge is 2.41. The Bertz CT molecular complexity index is 316. The molecular weight excluding hydrogens is 341 g/mol. The van der Waals surface area contributed by atoms with E-state index in [9.17, 15) is 4.79 Å². The normalized spacial score (nSPS) is 27.6. The maximum atomic E-state index is 12.0. The number of hydrogen-bond acceptors (Lipinski definition) is 2. The Kier molecular flexibility index (Phi) is 4.14. The lowest BCUT2D eigenvalue weighted by Gasteiger charge is -2.39. The Balaban J connectivity index is 1.85. The summed E-state index contributed by atoms with van der Waals surface area (Å²) < 4.78 is 6.28. The summed E-state index contributed by atoms with van der Waals surface area (Å²) in [7, 11) is 0. The van der Waals surface area contributed by atoms with E-state index in [1.54, 1.807) is 0 Å². The Hall–Kier alpha value is 0. The van der Waals surface area contributed by atoms with Crippen molar-refractivity contribution < 1.29 is 9.53 Å². The zero-order valence-electron chi connectivity index (χ0n) is 11.7. The van der Waals surface area contributed by atoms with Gasteiger partial charge in [0.25, 0.3) is 0 Å². The molecule has 2 fully saturated rings. The van der Waals surface area contributed by atoms with Gasteiger partial charge >= 0.3 is 6.09 Å². The minimum atomic E-state index is -0.382. The summed E-state index contributed by atoms with van der Waals surface area (Å²) in [4.78, 5) is 13.9. The van der Waals surface area contributed by atoms with Crippen molar-refractivity contribution in [2.24, 2.45) is 5.41 Å². The third kappa shape index (κ3) is 3.52. The van der Waals surface area contributed by atoms with Crippen LogP contribution in [-0.2, 0) is 4.74 Å². The van der Waals surface area contributed by atoms with Crippen molar-refractivity contribution in [1.82, 2.24) is 4.90 Å². The van der Waals surface area contributed by atoms with Crippen molar-refractivity contribution in [3.05, 3.63) is 0 Å². The summed E-state index contributed by atoms with van der Waals surface area (Å²) in [5.74, 6) is 0. The lowest BCUT2D eigenvalue weighted by Crippen LogP contribution is -2.44. The molecule has 0 aromatic heterocycles. The molecule has 1 aliphatic heterocycles. The number of rotatable bonds is 0. The standard InChI is InChI=1S/C14H24INO2/c1-13(2,3)18-12(17)16-8-6-14(7-9-16)5-4-11(15)10-14/h11H,4-10H2,1-3H3. The monoisotopic (exact) mass is 365 g/mol. The molecule has 1 spiro atoms. The van der Waals surface area contributed by atoms with E-state index in [4.69, 9.17) is 4.74 Å². The van der Waals surface area contributed by atoms with E-state index in [0.29, 0.717) is 5.41 Å². The van der Waals surface area contributed by atoms with Crippen LogP contribution in [0.15, 0.2) is 0 Å². The minimum absolute atomic E-state index is 0.138. The summed E-state index contributed by atoms with van der Waals surface area (Å²) in [6.07, 6.45) is 6.23. The molecule has 0 aromatic carbocycles. The molecule has 0 radical (unpaired) electrons. The third-order valence-corrected chi connectivity index (χ3v) is 5.18. The molecule has 1 saturated carbocycles. The SMILES string of the molecule is CC(C)(C)OC(=O)N1CCC2(CCC(I)C2)CC1. The van der Waals surface area contributed by atoms with Crippen LogP contribution in [0.25, 0.3) is 0 Å². The van der Waals surface area contributed by atoms with Crippen molar-refractivity contribution in [2.75, 3.05) is 13.1 Å². The molecule has 0 N–H and O–H groups in total. The number of hydrogen-bond donors (Lipinski definition) is 0. The summed E-state index contributed by atoms with van der Waals surface area (Å²) in [6.45, 7) is 7.52. The molecule has 0 aromatic rings. The third-order valence-electron chi connectivity index (χ3n) is 4.12. The van der Waals surface area contributed by atoms with Crippen LogP contribution in [-0.4, -0.2) is 33.6 Å². The van der Waals surface area contributed by atoms with Gasteiger partial charge in [-0.05, 0) is 58.3 Å². The molecule has 2 aliphatic rings. The van der Waals surface area contributed by atoms with Gasteiger partial charge in [-0.15, -0.1) is 0 Å². The highest BCUT2D eigenvalue weighted by molar-refractivity contribution is 14.1. The maximum absolute atomic E-state index is 12.0. The van der Waals surface area contributed by atoms with Crippen LogP contribution in [0.2, 0.25) is 0 Å². The van der Waals surface area contributed by atoms with Crippen molar-refractivity contribution in [2.45, 2.75) is 62.4 Å². The van der Waals surface area contributed by atoms with E-state index in [0.717, 1.165) is 29.9 Å². The molecule has 2 rings (SSSR count). The number of alkyl halides is 1. The number of ether oxygens (including phenoxy) is 1. The molecule has 104 valence electrons.